The zero-order valence-electron chi connectivity index (χ0n) is 13.5. The molecule has 0 bridgehead atoms. The van der Waals surface area contributed by atoms with Crippen LogP contribution in [-0.4, -0.2) is 47.0 Å². The van der Waals surface area contributed by atoms with Crippen LogP contribution in [-0.2, 0) is 4.74 Å². The van der Waals surface area contributed by atoms with Crippen molar-refractivity contribution < 1.29 is 14.6 Å². The van der Waals surface area contributed by atoms with Crippen molar-refractivity contribution in [1.82, 2.24) is 9.97 Å². The minimum atomic E-state index is -0.935. The lowest BCUT2D eigenvalue weighted by atomic mass is 10.1. The van der Waals surface area contributed by atoms with Crippen LogP contribution in [0.1, 0.15) is 23.2 Å². The molecule has 126 valence electrons. The molecule has 1 unspecified atom stereocenters. The molecule has 1 atom stereocenters. The molecule has 1 aromatic heterocycles. The maximum Gasteiger partial charge on any atom is 0.335 e. The standard InChI is InChI=1S/C17H20N4O3/c1-24-17(12-20-16-18-8-4-9-19-16)7-3-10-21(17)14-6-2-5-13(11-14)15(22)23/h2,4-6,8-9,11H,3,7,10,12H2,1H3,(H,22,23)(H,18,19,20). The van der Waals surface area contributed by atoms with E-state index in [2.05, 4.69) is 20.2 Å². The number of ether oxygens (including phenoxy) is 1. The van der Waals surface area contributed by atoms with Gasteiger partial charge in [0, 0.05) is 31.7 Å². The van der Waals surface area contributed by atoms with Crippen molar-refractivity contribution >= 4 is 17.6 Å². The first-order valence-corrected chi connectivity index (χ1v) is 7.82. The molecule has 0 spiro atoms. The van der Waals surface area contributed by atoms with Gasteiger partial charge in [0.05, 0.1) is 12.1 Å². The first kappa shape index (κ1) is 16.2. The van der Waals surface area contributed by atoms with Gasteiger partial charge in [-0.1, -0.05) is 6.07 Å². The minimum Gasteiger partial charge on any atom is -0.478 e. The zero-order chi connectivity index (χ0) is 17.0. The highest BCUT2D eigenvalue weighted by Crippen LogP contribution is 2.35. The summed E-state index contributed by atoms with van der Waals surface area (Å²) in [5.41, 5.74) is 0.546. The van der Waals surface area contributed by atoms with E-state index in [9.17, 15) is 9.90 Å². The van der Waals surface area contributed by atoms with Gasteiger partial charge in [0.1, 0.15) is 0 Å². The molecule has 2 N–H and O–H groups in total. The molecule has 1 fully saturated rings. The number of rotatable bonds is 6. The van der Waals surface area contributed by atoms with Crippen LogP contribution >= 0.6 is 0 Å². The lowest BCUT2D eigenvalue weighted by Gasteiger charge is -2.39. The average Bonchev–Trinajstić information content (AvgIpc) is 3.05. The highest BCUT2D eigenvalue weighted by Gasteiger charge is 2.41. The predicted octanol–water partition coefficient (Wildman–Crippen LogP) is 2.23. The molecule has 1 aliphatic heterocycles. The first-order chi connectivity index (χ1) is 11.6. The maximum atomic E-state index is 11.2. The summed E-state index contributed by atoms with van der Waals surface area (Å²) in [6.07, 6.45) is 5.15. The molecule has 1 saturated heterocycles. The highest BCUT2D eigenvalue weighted by molar-refractivity contribution is 5.88. The zero-order valence-corrected chi connectivity index (χ0v) is 13.5. The molecule has 0 amide bonds. The van der Waals surface area contributed by atoms with Crippen LogP contribution < -0.4 is 10.2 Å². The topological polar surface area (TPSA) is 87.6 Å². The third kappa shape index (κ3) is 3.16. The van der Waals surface area contributed by atoms with Gasteiger partial charge in [-0.05, 0) is 37.1 Å². The van der Waals surface area contributed by atoms with Gasteiger partial charge < -0.3 is 20.1 Å². The van der Waals surface area contributed by atoms with Crippen molar-refractivity contribution in [3.05, 3.63) is 48.3 Å². The molecular weight excluding hydrogens is 308 g/mol. The number of hydrogen-bond donors (Lipinski definition) is 2. The number of nitrogens with zero attached hydrogens (tertiary/aromatic N) is 3. The Balaban J connectivity index is 1.83. The summed E-state index contributed by atoms with van der Waals surface area (Å²) in [6, 6.07) is 8.69. The molecule has 24 heavy (non-hydrogen) atoms. The van der Waals surface area contributed by atoms with E-state index in [0.29, 0.717) is 12.5 Å². The number of aromatic nitrogens is 2. The normalized spacial score (nSPS) is 20.1. The van der Waals surface area contributed by atoms with Crippen molar-refractivity contribution in [2.24, 2.45) is 0 Å². The molecule has 2 aromatic rings. The van der Waals surface area contributed by atoms with E-state index in [4.69, 9.17) is 4.74 Å². The molecule has 1 aliphatic rings. The van der Waals surface area contributed by atoms with E-state index >= 15 is 0 Å². The molecule has 0 saturated carbocycles. The fraction of sp³-hybridized carbons (Fsp3) is 0.353. The molecule has 0 aliphatic carbocycles. The Morgan fingerprint density at radius 3 is 2.88 bits per heavy atom. The summed E-state index contributed by atoms with van der Waals surface area (Å²) in [5, 5.41) is 12.4. The summed E-state index contributed by atoms with van der Waals surface area (Å²) in [5.74, 6) is -0.394. The Morgan fingerprint density at radius 2 is 2.17 bits per heavy atom. The van der Waals surface area contributed by atoms with E-state index in [1.165, 1.54) is 0 Å². The van der Waals surface area contributed by atoms with Gasteiger partial charge in [-0.25, -0.2) is 14.8 Å². The molecule has 0 radical (unpaired) electrons. The van der Waals surface area contributed by atoms with Crippen LogP contribution in [0.3, 0.4) is 0 Å². The highest BCUT2D eigenvalue weighted by atomic mass is 16.5. The number of carboxylic acid groups (broad SMARTS) is 1. The van der Waals surface area contributed by atoms with Crippen LogP contribution in [0.2, 0.25) is 0 Å². The predicted molar refractivity (Wildman–Crippen MR) is 90.2 cm³/mol. The summed E-state index contributed by atoms with van der Waals surface area (Å²) in [7, 11) is 1.67. The summed E-state index contributed by atoms with van der Waals surface area (Å²) < 4.78 is 5.85. The Bertz CT molecular complexity index is 710. The van der Waals surface area contributed by atoms with E-state index < -0.39 is 11.7 Å². The van der Waals surface area contributed by atoms with Crippen LogP contribution in [0, 0.1) is 0 Å². The largest absolute Gasteiger partial charge is 0.478 e. The third-order valence-electron chi connectivity index (χ3n) is 4.31. The smallest absolute Gasteiger partial charge is 0.335 e. The average molecular weight is 328 g/mol. The van der Waals surface area contributed by atoms with Crippen LogP contribution in [0.15, 0.2) is 42.7 Å². The Morgan fingerprint density at radius 1 is 1.38 bits per heavy atom. The van der Waals surface area contributed by atoms with E-state index in [0.717, 1.165) is 25.1 Å². The van der Waals surface area contributed by atoms with Gasteiger partial charge in [-0.15, -0.1) is 0 Å². The second kappa shape index (κ2) is 6.84. The van der Waals surface area contributed by atoms with Crippen LogP contribution in [0.5, 0.6) is 0 Å². The van der Waals surface area contributed by atoms with Gasteiger partial charge in [0.15, 0.2) is 5.72 Å². The SMILES string of the molecule is COC1(CNc2ncccn2)CCCN1c1cccc(C(=O)O)c1. The Hall–Kier alpha value is -2.67. The molecule has 2 heterocycles. The van der Waals surface area contributed by atoms with Gasteiger partial charge >= 0.3 is 5.97 Å². The second-order valence-corrected chi connectivity index (χ2v) is 5.69. The fourth-order valence-corrected chi connectivity index (χ4v) is 3.10. The number of hydrogen-bond acceptors (Lipinski definition) is 6. The number of benzene rings is 1. The quantitative estimate of drug-likeness (QED) is 0.840. The second-order valence-electron chi connectivity index (χ2n) is 5.69. The van der Waals surface area contributed by atoms with Gasteiger partial charge in [0.25, 0.3) is 0 Å². The minimum absolute atomic E-state index is 0.267. The van der Waals surface area contributed by atoms with Crippen molar-refractivity contribution in [2.45, 2.75) is 18.6 Å². The maximum absolute atomic E-state index is 11.2. The third-order valence-corrected chi connectivity index (χ3v) is 4.31. The lowest BCUT2D eigenvalue weighted by Crippen LogP contribution is -2.51. The number of nitrogens with one attached hydrogen (secondary N) is 1. The molecular formula is C17H20N4O3. The lowest BCUT2D eigenvalue weighted by molar-refractivity contribution is 0.0102. The summed E-state index contributed by atoms with van der Waals surface area (Å²) >= 11 is 0. The summed E-state index contributed by atoms with van der Waals surface area (Å²) in [4.78, 5) is 21.7. The first-order valence-electron chi connectivity index (χ1n) is 7.82. The number of anilines is 2. The van der Waals surface area contributed by atoms with E-state index in [1.54, 1.807) is 43.8 Å². The number of aromatic carboxylic acids is 1. The van der Waals surface area contributed by atoms with Gasteiger partial charge in [0.2, 0.25) is 5.95 Å². The number of methoxy groups -OCH3 is 1. The van der Waals surface area contributed by atoms with Gasteiger partial charge in [-0.2, -0.15) is 0 Å². The summed E-state index contributed by atoms with van der Waals surface area (Å²) in [6.45, 7) is 1.30. The Kier molecular flexibility index (Phi) is 4.61. The molecule has 1 aromatic carbocycles. The van der Waals surface area contributed by atoms with Crippen molar-refractivity contribution in [1.29, 1.82) is 0 Å². The molecule has 7 heteroatoms. The fourth-order valence-electron chi connectivity index (χ4n) is 3.10. The van der Waals surface area contributed by atoms with Crippen molar-refractivity contribution in [2.75, 3.05) is 30.4 Å². The van der Waals surface area contributed by atoms with Crippen LogP contribution in [0.25, 0.3) is 0 Å². The number of carboxylic acids is 1. The molecule has 3 rings (SSSR count). The van der Waals surface area contributed by atoms with Crippen molar-refractivity contribution in [3.63, 3.8) is 0 Å². The van der Waals surface area contributed by atoms with E-state index in [1.807, 2.05) is 6.07 Å². The Labute approximate surface area is 140 Å². The van der Waals surface area contributed by atoms with Crippen LogP contribution in [0.4, 0.5) is 11.6 Å². The van der Waals surface area contributed by atoms with Gasteiger partial charge in [-0.3, -0.25) is 0 Å². The monoisotopic (exact) mass is 328 g/mol. The van der Waals surface area contributed by atoms with E-state index in [-0.39, 0.29) is 5.56 Å². The number of carbonyl (C=O) groups is 1. The van der Waals surface area contributed by atoms with Crippen molar-refractivity contribution in [3.8, 4) is 0 Å². The molecule has 7 nitrogen and oxygen atoms in total.